The van der Waals surface area contributed by atoms with Crippen LogP contribution >= 0.6 is 27.1 Å². The third-order valence-electron chi connectivity index (χ3n) is 5.93. The number of hydrogen-bond acceptors (Lipinski definition) is 2. The number of rotatable bonds is 0. The molecule has 10 radical (unpaired) electrons. The van der Waals surface area contributed by atoms with E-state index in [0.717, 1.165) is 3.94 Å². The van der Waals surface area contributed by atoms with Gasteiger partial charge in [0.25, 0.3) is 0 Å². The second kappa shape index (κ2) is 30.5. The summed E-state index contributed by atoms with van der Waals surface area (Å²) in [6.45, 7) is 40.0. The van der Waals surface area contributed by atoms with Crippen molar-refractivity contribution in [1.29, 1.82) is 0 Å². The minimum atomic E-state index is 0. The molecule has 0 aromatic carbocycles. The predicted octanol–water partition coefficient (Wildman–Crippen LogP) is 8.40. The summed E-state index contributed by atoms with van der Waals surface area (Å²) < 4.78 is 31.1. The van der Waals surface area contributed by atoms with E-state index in [4.69, 9.17) is 31.2 Å². The summed E-state index contributed by atoms with van der Waals surface area (Å²) in [7, 11) is 2.47. The van der Waals surface area contributed by atoms with Crippen molar-refractivity contribution in [3.63, 3.8) is 0 Å². The third-order valence-corrected chi connectivity index (χ3v) is 10.6. The summed E-state index contributed by atoms with van der Waals surface area (Å²) in [5.74, 6) is 14.7. The molecule has 1 aromatic rings. The molecule has 3 rings (SSSR count). The Bertz CT molecular complexity index is 543. The van der Waals surface area contributed by atoms with Crippen molar-refractivity contribution in [3.8, 4) is 0 Å². The second-order valence-electron chi connectivity index (χ2n) is 6.91. The van der Waals surface area contributed by atoms with Gasteiger partial charge in [-0.15, -0.1) is 0 Å². The summed E-state index contributed by atoms with van der Waals surface area (Å²) in [5.41, 5.74) is 0. The summed E-state index contributed by atoms with van der Waals surface area (Å²) in [6, 6.07) is 0. The van der Waals surface area contributed by atoms with Gasteiger partial charge >= 0.3 is 45.2 Å². The molecule has 10 heteroatoms. The quantitative estimate of drug-likeness (QED) is 0.121. The molecule has 2 aliphatic carbocycles. The summed E-state index contributed by atoms with van der Waals surface area (Å²) in [4.78, 5) is 0. The van der Waals surface area contributed by atoms with Gasteiger partial charge in [-0.25, -0.2) is 0 Å². The molecule has 0 N–H and O–H groups in total. The molecule has 198 valence electrons. The van der Waals surface area contributed by atoms with Gasteiger partial charge in [-0.2, -0.15) is 20.9 Å². The first kappa shape index (κ1) is 49.8. The van der Waals surface area contributed by atoms with E-state index in [1.807, 2.05) is 0 Å². The largest absolute Gasteiger partial charge is 0.862 e. The zero-order chi connectivity index (χ0) is 28.2. The van der Waals surface area contributed by atoms with Gasteiger partial charge in [0.1, 0.15) is 0 Å². The van der Waals surface area contributed by atoms with E-state index in [1.54, 1.807) is 11.3 Å². The predicted molar refractivity (Wildman–Crippen MR) is 139 cm³/mol. The van der Waals surface area contributed by atoms with E-state index in [-0.39, 0.29) is 34.1 Å². The van der Waals surface area contributed by atoms with Crippen LogP contribution in [0.4, 0.5) is 0 Å². The van der Waals surface area contributed by atoms with Crippen LogP contribution in [0.3, 0.4) is 0 Å². The van der Waals surface area contributed by atoms with E-state index in [0.29, 0.717) is 0 Å². The average Bonchev–Trinajstić information content (AvgIpc) is 3.49. The minimum absolute atomic E-state index is 0. The Labute approximate surface area is 255 Å². The molecule has 36 heavy (non-hydrogen) atoms. The van der Waals surface area contributed by atoms with Crippen LogP contribution in [0.5, 0.6) is 0 Å². The Morgan fingerprint density at radius 3 is 0.722 bits per heavy atom. The van der Waals surface area contributed by atoms with E-state index >= 15 is 0 Å². The van der Waals surface area contributed by atoms with Crippen LogP contribution in [0, 0.1) is 90.9 Å². The molecule has 4 nitrogen and oxygen atoms in total. The zero-order valence-electron chi connectivity index (χ0n) is 22.1. The molecule has 0 aliphatic heterocycles. The molecule has 0 bridgehead atoms. The minimum Gasteiger partial charge on any atom is -0.862 e. The van der Waals surface area contributed by atoms with Gasteiger partial charge in [-0.3, -0.25) is 3.94 Å². The Kier molecular flexibility index (Phi) is 42.1. The monoisotopic (exact) mass is 644 g/mol. The van der Waals surface area contributed by atoms with Crippen molar-refractivity contribution in [2.24, 2.45) is 0 Å². The van der Waals surface area contributed by atoms with E-state index in [2.05, 4.69) is 101 Å². The van der Waals surface area contributed by atoms with Crippen molar-refractivity contribution in [1.82, 2.24) is 0 Å². The molecular weight excluding hydrogens is 614 g/mol. The van der Waals surface area contributed by atoms with Crippen molar-refractivity contribution in [2.75, 3.05) is 0 Å². The molecular formula is C26H30Fe2O4P2S2-2. The molecule has 0 atom stereocenters. The topological polar surface area (TPSA) is 79.6 Å². The molecule has 0 saturated heterocycles. The third kappa shape index (κ3) is 17.5. The average molecular weight is 644 g/mol. The van der Waals surface area contributed by atoms with Gasteiger partial charge in [0.15, 0.2) is 0 Å². The zero-order valence-corrected chi connectivity index (χ0v) is 27.7. The first-order chi connectivity index (χ1) is 16.0. The van der Waals surface area contributed by atoms with Crippen molar-refractivity contribution < 1.29 is 52.7 Å². The van der Waals surface area contributed by atoms with Crippen LogP contribution in [0.25, 0.3) is 0 Å². The van der Waals surface area contributed by atoms with Gasteiger partial charge in [0.05, 0.1) is 0 Å². The standard InChI is InChI=1S/2C10H15.C2HP2S2.4CO.2Fe/c2*1-6-7(2)9(4)10(5)8(6)3;5-2-4-3-1-6-2;4*1-2;;/h2*1-5H3;5H;;;;;;/q;;-1;;;;;;/p-1. The van der Waals surface area contributed by atoms with Crippen LogP contribution in [-0.2, 0) is 65.4 Å². The van der Waals surface area contributed by atoms with Crippen LogP contribution < -0.4 is 0 Å². The van der Waals surface area contributed by atoms with Crippen molar-refractivity contribution in [2.45, 2.75) is 73.2 Å². The molecule has 2 saturated carbocycles. The Hall–Kier alpha value is 0.909. The Balaban J connectivity index is -0.0000000815. The van der Waals surface area contributed by atoms with E-state index in [1.165, 1.54) is 74.9 Å². The van der Waals surface area contributed by atoms with E-state index in [9.17, 15) is 0 Å². The van der Waals surface area contributed by atoms with Crippen LogP contribution in [-0.4, -0.2) is 0 Å². The maximum atomic E-state index is 7.50. The fraction of sp³-hybridized carbons (Fsp3) is 0.385. The normalized spacial score (nSPS) is 18.0. The van der Waals surface area contributed by atoms with E-state index < -0.39 is 0 Å². The smallest absolute Gasteiger partial charge is 0 e. The molecule has 2 fully saturated rings. The van der Waals surface area contributed by atoms with Gasteiger partial charge in [-0.05, 0) is 59.2 Å². The first-order valence-corrected chi connectivity index (χ1v) is 13.3. The second-order valence-corrected chi connectivity index (χ2v) is 11.6. The number of hydrogen-bond donors (Lipinski definition) is 0. The Morgan fingerprint density at radius 1 is 0.500 bits per heavy atom. The fourth-order valence-electron chi connectivity index (χ4n) is 2.95. The summed E-state index contributed by atoms with van der Waals surface area (Å²) >= 11 is 6.35. The van der Waals surface area contributed by atoms with Gasteiger partial charge in [0, 0.05) is 34.1 Å². The maximum Gasteiger partial charge on any atom is 0 e. The van der Waals surface area contributed by atoms with Gasteiger partial charge in [0.2, 0.25) is 0 Å². The van der Waals surface area contributed by atoms with Crippen molar-refractivity contribution >= 4 is 39.7 Å². The molecule has 0 unspecified atom stereocenters. The van der Waals surface area contributed by atoms with Crippen LogP contribution in [0.1, 0.15) is 69.2 Å². The van der Waals surface area contributed by atoms with Crippen molar-refractivity contribution in [3.05, 3.63) is 90.9 Å². The summed E-state index contributed by atoms with van der Waals surface area (Å²) in [6.07, 6.45) is 0. The SMILES string of the molecule is C[C]1[C](C)[C](C)[C](C)[C]1C.C[C]1[C](C)[C](C)[C](C)[C]1C.[C-]#[O+].[C-]#[O+].[C-]#[O+].[C-]#[O+].[Fe].[Fe].[S-]c1pp[c-]s1. The van der Waals surface area contributed by atoms with Gasteiger partial charge < -0.3 is 24.0 Å². The molecule has 2 aliphatic rings. The molecule has 1 heterocycles. The molecule has 0 amide bonds. The van der Waals surface area contributed by atoms with Crippen LogP contribution in [0.2, 0.25) is 0 Å². The molecule has 0 spiro atoms. The first-order valence-electron chi connectivity index (χ1n) is 9.58. The Morgan fingerprint density at radius 2 is 0.667 bits per heavy atom. The van der Waals surface area contributed by atoms with Crippen LogP contribution in [0.15, 0.2) is 3.94 Å². The summed E-state index contributed by atoms with van der Waals surface area (Å²) in [5, 5.41) is 3.01. The maximum absolute atomic E-state index is 7.50. The molecule has 1 aromatic heterocycles. The van der Waals surface area contributed by atoms with Gasteiger partial charge in [-0.1, -0.05) is 69.2 Å². The fourth-order valence-corrected chi connectivity index (χ4v) is 6.62.